The van der Waals surface area contributed by atoms with Crippen LogP contribution in [0.2, 0.25) is 0 Å². The summed E-state index contributed by atoms with van der Waals surface area (Å²) in [6.07, 6.45) is -8.14. The lowest BCUT2D eigenvalue weighted by atomic mass is 9.87. The number of aliphatic hydroxyl groups is 3. The van der Waals surface area contributed by atoms with E-state index < -0.39 is 95.8 Å². The molecule has 55 heavy (non-hydrogen) atoms. The number of imidazole rings is 1. The largest absolute Gasteiger partial charge is 0.481 e. The van der Waals surface area contributed by atoms with Crippen molar-refractivity contribution in [3.05, 3.63) is 12.7 Å². The fourth-order valence-corrected chi connectivity index (χ4v) is 8.32. The molecule has 25 nitrogen and oxygen atoms in total. The molecule has 312 valence electrons. The molecule has 0 aliphatic carbocycles. The highest BCUT2D eigenvalue weighted by atomic mass is 32.2. The minimum absolute atomic E-state index is 0.0252. The summed E-state index contributed by atoms with van der Waals surface area (Å²) in [4.78, 5) is 87.2. The summed E-state index contributed by atoms with van der Waals surface area (Å²) in [5.74, 6) is -1.59. The van der Waals surface area contributed by atoms with Crippen LogP contribution in [-0.2, 0) is 50.7 Å². The number of amides is 2. The molecule has 1 aliphatic rings. The monoisotopic (exact) mass is 867 g/mol. The molecule has 0 saturated carbocycles. The number of carbonyl (C=O) groups is 3. The number of rotatable bonds is 21. The summed E-state index contributed by atoms with van der Waals surface area (Å²) >= 11 is 0.857. The molecular weight excluding hydrogens is 823 g/mol. The number of nitrogen functional groups attached to an aromatic ring is 1. The first-order valence-electron chi connectivity index (χ1n) is 16.1. The molecule has 2 unspecified atom stereocenters. The highest BCUT2D eigenvalue weighted by Gasteiger charge is 2.50. The Kier molecular flexibility index (Phi) is 16.5. The van der Waals surface area contributed by atoms with Gasteiger partial charge in [-0.05, 0) is 5.92 Å². The quantitative estimate of drug-likeness (QED) is 0.0514. The number of nitrogens with zero attached hydrogens (tertiary/aromatic N) is 4. The lowest BCUT2D eigenvalue weighted by Gasteiger charge is -2.30. The number of nitrogens with one attached hydrogen (secondary N) is 2. The Balaban J connectivity index is 1.50. The van der Waals surface area contributed by atoms with Crippen LogP contribution in [-0.4, -0.2) is 134 Å². The summed E-state index contributed by atoms with van der Waals surface area (Å²) in [6.45, 7) is 3.68. The molecule has 11 N–H and O–H groups in total. The van der Waals surface area contributed by atoms with E-state index in [1.807, 2.05) is 0 Å². The molecule has 8 atom stereocenters. The third-order valence-corrected chi connectivity index (χ3v) is 11.7. The number of nitrogens with two attached hydrogens (primary N) is 1. The molecule has 2 amide bonds. The Hall–Kier alpha value is -2.48. The normalized spacial score (nSPS) is 22.5. The zero-order chi connectivity index (χ0) is 41.5. The number of ether oxygens (including phenoxy) is 1. The second kappa shape index (κ2) is 19.3. The number of aliphatic hydroxyl groups excluding tert-OH is 3. The molecule has 2 aromatic rings. The van der Waals surface area contributed by atoms with Gasteiger partial charge < -0.3 is 56.0 Å². The number of carbonyl (C=O) groups excluding carboxylic acids is 3. The molecule has 1 fully saturated rings. The van der Waals surface area contributed by atoms with Crippen LogP contribution in [0, 0.1) is 11.3 Å². The first-order chi connectivity index (χ1) is 25.3. The maximum atomic E-state index is 12.7. The van der Waals surface area contributed by atoms with Gasteiger partial charge in [0.05, 0.1) is 19.5 Å². The topological polar surface area (TPSA) is 384 Å². The summed E-state index contributed by atoms with van der Waals surface area (Å²) < 4.78 is 62.0. The molecule has 29 heteroatoms. The molecule has 0 radical (unpaired) electrons. The Labute approximate surface area is 317 Å². The van der Waals surface area contributed by atoms with Crippen molar-refractivity contribution in [2.75, 3.05) is 37.8 Å². The fourth-order valence-electron chi connectivity index (χ4n) is 4.64. The van der Waals surface area contributed by atoms with Crippen LogP contribution in [0.25, 0.3) is 11.2 Å². The number of phosphoric ester groups is 3. The number of aromatic nitrogens is 4. The molecule has 2 aromatic heterocycles. The van der Waals surface area contributed by atoms with E-state index in [9.17, 15) is 63.0 Å². The number of hydrogen-bond acceptors (Lipinski definition) is 19. The predicted molar refractivity (Wildman–Crippen MR) is 188 cm³/mol. The second-order valence-corrected chi connectivity index (χ2v) is 18.3. The van der Waals surface area contributed by atoms with E-state index in [1.165, 1.54) is 13.8 Å². The second-order valence-electron chi connectivity index (χ2n) is 12.9. The predicted octanol–water partition coefficient (Wildman–Crippen LogP) is -1.32. The maximum Gasteiger partial charge on any atom is 0.481 e. The first-order valence-corrected chi connectivity index (χ1v) is 21.6. The van der Waals surface area contributed by atoms with Crippen molar-refractivity contribution in [3.8, 4) is 0 Å². The Morgan fingerprint density at radius 3 is 2.33 bits per heavy atom. The third-order valence-electron chi connectivity index (χ3n) is 7.62. The zero-order valence-electron chi connectivity index (χ0n) is 29.7. The van der Waals surface area contributed by atoms with E-state index >= 15 is 0 Å². The van der Waals surface area contributed by atoms with Crippen molar-refractivity contribution in [2.24, 2.45) is 11.3 Å². The number of anilines is 1. The van der Waals surface area contributed by atoms with Crippen LogP contribution in [0.15, 0.2) is 12.7 Å². The molecule has 0 spiro atoms. The Morgan fingerprint density at radius 1 is 1.04 bits per heavy atom. The summed E-state index contributed by atoms with van der Waals surface area (Å²) in [5, 5.41) is 35.5. The highest BCUT2D eigenvalue weighted by molar-refractivity contribution is 8.13. The molecule has 1 aliphatic heterocycles. The summed E-state index contributed by atoms with van der Waals surface area (Å²) in [5.41, 5.74) is 4.23. The van der Waals surface area contributed by atoms with Gasteiger partial charge in [-0.15, -0.1) is 0 Å². The van der Waals surface area contributed by atoms with Gasteiger partial charge in [-0.1, -0.05) is 39.5 Å². The van der Waals surface area contributed by atoms with E-state index in [2.05, 4.69) is 34.4 Å². The van der Waals surface area contributed by atoms with Crippen LogP contribution >= 0.6 is 35.2 Å². The van der Waals surface area contributed by atoms with E-state index in [-0.39, 0.29) is 48.2 Å². The van der Waals surface area contributed by atoms with Crippen molar-refractivity contribution in [1.82, 2.24) is 30.2 Å². The van der Waals surface area contributed by atoms with Crippen molar-refractivity contribution >= 4 is 69.1 Å². The van der Waals surface area contributed by atoms with Gasteiger partial charge in [0, 0.05) is 30.7 Å². The van der Waals surface area contributed by atoms with Crippen molar-refractivity contribution in [2.45, 2.75) is 70.9 Å². The molecular formula is C26H44N7O18P3S. The van der Waals surface area contributed by atoms with Crippen LogP contribution in [0.5, 0.6) is 0 Å². The van der Waals surface area contributed by atoms with Crippen LogP contribution in [0.1, 0.15) is 40.3 Å². The van der Waals surface area contributed by atoms with Gasteiger partial charge in [-0.25, -0.2) is 28.6 Å². The third kappa shape index (κ3) is 13.8. The van der Waals surface area contributed by atoms with Crippen LogP contribution in [0.3, 0.4) is 0 Å². The number of thioether (sulfide) groups is 1. The standard InChI is InChI=1S/C26H44N7O18P3S/c1-13(2)17(35)25(39)55-8-7-28-15(34)5-6-29-23(38)20(37)26(3,4)10-48-54(45,46)51-53(43,44)47-9-14-19(50-52(40,41)42)18(36)24(49-14)33-12-32-16-21(27)30-11-31-22(16)33/h11-14,17-20,24,35-37H,5-10H2,1-4H3,(H,28,34)(H,29,38)(H,43,44)(H,45,46)(H2,27,30,31)(H2,40,41,42)/t14-,17-,18-,19-,20+,24-/m1/s1. The number of fused-ring (bicyclic) bond motifs is 1. The van der Waals surface area contributed by atoms with E-state index in [1.54, 1.807) is 13.8 Å². The van der Waals surface area contributed by atoms with E-state index in [4.69, 9.17) is 19.5 Å². The SMILES string of the molecule is CC(C)[C@@H](O)C(=O)SCCNC(=O)CCNC(=O)[C@H](O)C(C)(C)COP(=O)(O)OP(=O)(O)OC[C@H]1O[C@@H](n2cnc3c(N)ncnc32)[C@H](O)[C@@H]1OP(=O)(O)O. The lowest BCUT2D eigenvalue weighted by molar-refractivity contribution is -0.137. The minimum Gasteiger partial charge on any atom is -0.386 e. The Bertz CT molecular complexity index is 1810. The van der Waals surface area contributed by atoms with Crippen molar-refractivity contribution in [3.63, 3.8) is 0 Å². The molecule has 0 aromatic carbocycles. The molecule has 3 heterocycles. The van der Waals surface area contributed by atoms with Gasteiger partial charge in [-0.3, -0.25) is 32.5 Å². The maximum absolute atomic E-state index is 12.7. The van der Waals surface area contributed by atoms with Gasteiger partial charge in [0.2, 0.25) is 16.9 Å². The van der Waals surface area contributed by atoms with E-state index in [0.29, 0.717) is 0 Å². The van der Waals surface area contributed by atoms with Crippen molar-refractivity contribution in [1.29, 1.82) is 0 Å². The zero-order valence-corrected chi connectivity index (χ0v) is 33.2. The van der Waals surface area contributed by atoms with Gasteiger partial charge >= 0.3 is 23.5 Å². The molecule has 0 bridgehead atoms. The number of phosphoric acid groups is 3. The average molecular weight is 868 g/mol. The molecule has 3 rings (SSSR count). The van der Waals surface area contributed by atoms with Crippen molar-refractivity contribution < 1.29 is 85.6 Å². The summed E-state index contributed by atoms with van der Waals surface area (Å²) in [7, 11) is -16.4. The van der Waals surface area contributed by atoms with E-state index in [0.717, 1.165) is 29.0 Å². The average Bonchev–Trinajstić information content (AvgIpc) is 3.64. The van der Waals surface area contributed by atoms with Crippen LogP contribution < -0.4 is 16.4 Å². The minimum atomic E-state index is -5.58. The van der Waals surface area contributed by atoms with Gasteiger partial charge in [0.1, 0.15) is 42.4 Å². The van der Waals surface area contributed by atoms with Gasteiger partial charge in [0.25, 0.3) is 0 Å². The molecule has 1 saturated heterocycles. The van der Waals surface area contributed by atoms with Crippen LogP contribution in [0.4, 0.5) is 5.82 Å². The first kappa shape index (κ1) is 46.9. The fraction of sp³-hybridized carbons (Fsp3) is 0.692. The van der Waals surface area contributed by atoms with Gasteiger partial charge in [0.15, 0.2) is 17.7 Å². The smallest absolute Gasteiger partial charge is 0.386 e. The summed E-state index contributed by atoms with van der Waals surface area (Å²) in [6, 6.07) is 0. The lowest BCUT2D eigenvalue weighted by Crippen LogP contribution is -2.46. The Morgan fingerprint density at radius 2 is 1.69 bits per heavy atom. The highest BCUT2D eigenvalue weighted by Crippen LogP contribution is 2.61. The van der Waals surface area contributed by atoms with Gasteiger partial charge in [-0.2, -0.15) is 4.31 Å². The number of hydrogen-bond donors (Lipinski definition) is 10.